The van der Waals surface area contributed by atoms with E-state index in [1.165, 1.54) is 6.38 Å². The summed E-state index contributed by atoms with van der Waals surface area (Å²) in [6.07, 6.45) is 2.17. The molecule has 0 aliphatic rings. The normalized spacial score (nSPS) is 10.9. The molecule has 0 aromatic heterocycles. The van der Waals surface area contributed by atoms with Gasteiger partial charge in [0.05, 0.1) is 0 Å². The second kappa shape index (κ2) is 7.57. The van der Waals surface area contributed by atoms with Crippen LogP contribution in [-0.2, 0) is 4.79 Å². The number of hydrogen-bond donors (Lipinski definition) is 2. The Labute approximate surface area is 72.4 Å². The van der Waals surface area contributed by atoms with Crippen LogP contribution < -0.4 is 11.5 Å². The van der Waals surface area contributed by atoms with E-state index in [2.05, 4.69) is 18.2 Å². The molecule has 1 atom stereocenters. The van der Waals surface area contributed by atoms with E-state index in [0.29, 0.717) is 12.0 Å². The molecule has 0 heterocycles. The number of amides is 1. The van der Waals surface area contributed by atoms with E-state index in [0.717, 1.165) is 0 Å². The molecule has 3 nitrogen and oxygen atoms in total. The quantitative estimate of drug-likeness (QED) is 0.492. The number of halogens is 1. The third-order valence-electron chi connectivity index (χ3n) is 1.20. The molecule has 4 N–H and O–H groups in total. The fourth-order valence-corrected chi connectivity index (χ4v) is 0.429. The fraction of sp³-hybridized carbons (Fsp3) is 0.571. The molecule has 0 bridgehead atoms. The highest BCUT2D eigenvalue weighted by Gasteiger charge is 2.08. The number of rotatable bonds is 3. The van der Waals surface area contributed by atoms with E-state index in [4.69, 9.17) is 11.5 Å². The maximum atomic E-state index is 10.3. The summed E-state index contributed by atoms with van der Waals surface area (Å²) >= 11 is 4.64. The first kappa shape index (κ1) is 13.1. The van der Waals surface area contributed by atoms with Crippen LogP contribution in [0.2, 0.25) is 0 Å². The molecule has 4 heteroatoms. The van der Waals surface area contributed by atoms with Gasteiger partial charge >= 0.3 is 0 Å². The Morgan fingerprint density at radius 2 is 2.00 bits per heavy atom. The van der Waals surface area contributed by atoms with Gasteiger partial charge in [-0.15, -0.1) is 11.6 Å². The molecule has 11 heavy (non-hydrogen) atoms. The number of hydrogen-bond acceptors (Lipinski definition) is 2. The highest BCUT2D eigenvalue weighted by atomic mass is 35.5. The Morgan fingerprint density at radius 3 is 2.09 bits per heavy atom. The Kier molecular flexibility index (Phi) is 9.00. The van der Waals surface area contributed by atoms with Crippen LogP contribution >= 0.6 is 11.6 Å². The van der Waals surface area contributed by atoms with Crippen LogP contribution in [0.3, 0.4) is 0 Å². The van der Waals surface area contributed by atoms with Crippen molar-refractivity contribution in [3.63, 3.8) is 0 Å². The van der Waals surface area contributed by atoms with Gasteiger partial charge in [-0.25, -0.2) is 0 Å². The van der Waals surface area contributed by atoms with Gasteiger partial charge < -0.3 is 11.5 Å². The average molecular weight is 179 g/mol. The van der Waals surface area contributed by atoms with E-state index in [-0.39, 0.29) is 6.04 Å². The molecule has 0 saturated carbocycles. The zero-order chi connectivity index (χ0) is 9.44. The van der Waals surface area contributed by atoms with E-state index in [9.17, 15) is 4.79 Å². The summed E-state index contributed by atoms with van der Waals surface area (Å²) in [7, 11) is 0. The Bertz CT molecular complexity index is 136. The maximum Gasteiger partial charge on any atom is 0.245 e. The summed E-state index contributed by atoms with van der Waals surface area (Å²) in [5.74, 6) is -0.510. The number of nitrogens with two attached hydrogens (primary N) is 2. The lowest BCUT2D eigenvalue weighted by Crippen LogP contribution is -2.29. The maximum absolute atomic E-state index is 10.3. The van der Waals surface area contributed by atoms with Crippen molar-refractivity contribution in [1.29, 1.82) is 0 Å². The molecule has 0 fully saturated rings. The first-order valence-electron chi connectivity index (χ1n) is 3.21. The van der Waals surface area contributed by atoms with Gasteiger partial charge in [-0.1, -0.05) is 13.5 Å². The lowest BCUT2D eigenvalue weighted by atomic mass is 10.1. The van der Waals surface area contributed by atoms with Crippen LogP contribution in [0, 0.1) is 0 Å². The van der Waals surface area contributed by atoms with Gasteiger partial charge in [0.1, 0.15) is 0 Å². The van der Waals surface area contributed by atoms with Crippen LogP contribution in [0.5, 0.6) is 0 Å². The van der Waals surface area contributed by atoms with Crippen molar-refractivity contribution >= 4 is 17.5 Å². The molecule has 1 unspecified atom stereocenters. The topological polar surface area (TPSA) is 69.1 Å². The molecule has 0 aromatic rings. The van der Waals surface area contributed by atoms with Crippen LogP contribution in [0.15, 0.2) is 12.2 Å². The summed E-state index contributed by atoms with van der Waals surface area (Å²) < 4.78 is 0. The second-order valence-electron chi connectivity index (χ2n) is 1.90. The number of carbonyl (C=O) groups is 1. The van der Waals surface area contributed by atoms with Gasteiger partial charge in [-0.2, -0.15) is 0 Å². The van der Waals surface area contributed by atoms with E-state index in [1.54, 1.807) is 0 Å². The van der Waals surface area contributed by atoms with Crippen molar-refractivity contribution in [1.82, 2.24) is 0 Å². The van der Waals surface area contributed by atoms with E-state index >= 15 is 0 Å². The fourth-order valence-electron chi connectivity index (χ4n) is 0.429. The number of primary amides is 1. The van der Waals surface area contributed by atoms with E-state index in [1.807, 2.05) is 6.92 Å². The van der Waals surface area contributed by atoms with Crippen LogP contribution in [0.1, 0.15) is 13.3 Å². The molecule has 0 aromatic carbocycles. The minimum Gasteiger partial charge on any atom is -0.366 e. The van der Waals surface area contributed by atoms with Gasteiger partial charge in [0.25, 0.3) is 0 Å². The zero-order valence-corrected chi connectivity index (χ0v) is 7.69. The largest absolute Gasteiger partial charge is 0.366 e. The SMILES string of the molecule is C=C(C(N)=O)C(N)CC.CCl. The van der Waals surface area contributed by atoms with Crippen LogP contribution in [0.4, 0.5) is 0 Å². The summed E-state index contributed by atoms with van der Waals surface area (Å²) in [6, 6.07) is -0.275. The van der Waals surface area contributed by atoms with Gasteiger partial charge in [0.2, 0.25) is 5.91 Å². The van der Waals surface area contributed by atoms with Gasteiger partial charge in [0, 0.05) is 18.0 Å². The molecular weight excluding hydrogens is 164 g/mol. The van der Waals surface area contributed by atoms with Crippen LogP contribution in [-0.4, -0.2) is 18.3 Å². The Balaban J connectivity index is 0. The monoisotopic (exact) mass is 178 g/mol. The highest BCUT2D eigenvalue weighted by Crippen LogP contribution is 1.97. The summed E-state index contributed by atoms with van der Waals surface area (Å²) in [6.45, 7) is 5.30. The van der Waals surface area contributed by atoms with Crippen molar-refractivity contribution < 1.29 is 4.79 Å². The molecule has 0 aliphatic heterocycles. The first-order chi connectivity index (χ1) is 5.09. The molecular formula is C7H15ClN2O. The first-order valence-corrected chi connectivity index (χ1v) is 3.97. The molecule has 66 valence electrons. The minimum absolute atomic E-state index is 0.275. The highest BCUT2D eigenvalue weighted by molar-refractivity contribution is 6.15. The average Bonchev–Trinajstić information content (AvgIpc) is 2.05. The van der Waals surface area contributed by atoms with Crippen molar-refractivity contribution in [3.8, 4) is 0 Å². The summed E-state index contributed by atoms with van der Waals surface area (Å²) in [5.41, 5.74) is 10.6. The minimum atomic E-state index is -0.510. The third-order valence-corrected chi connectivity index (χ3v) is 1.20. The summed E-state index contributed by atoms with van der Waals surface area (Å²) in [4.78, 5) is 10.3. The molecule has 0 saturated heterocycles. The third kappa shape index (κ3) is 5.88. The predicted molar refractivity (Wildman–Crippen MR) is 48.4 cm³/mol. The lowest BCUT2D eigenvalue weighted by Gasteiger charge is -2.06. The van der Waals surface area contributed by atoms with Gasteiger partial charge in [0.15, 0.2) is 0 Å². The standard InChI is InChI=1S/C6H12N2O.CH3Cl/c1-3-5(7)4(2)6(8)9;1-2/h5H,2-3,7H2,1H3,(H2,8,9);1H3. The number of carbonyl (C=O) groups excluding carboxylic acids is 1. The molecule has 1 amide bonds. The smallest absolute Gasteiger partial charge is 0.245 e. The molecule has 0 aliphatic carbocycles. The number of alkyl halides is 1. The molecule has 0 rings (SSSR count). The van der Waals surface area contributed by atoms with Crippen LogP contribution in [0.25, 0.3) is 0 Å². The van der Waals surface area contributed by atoms with Crippen molar-refractivity contribution in [3.05, 3.63) is 12.2 Å². The second-order valence-corrected chi connectivity index (χ2v) is 1.90. The van der Waals surface area contributed by atoms with Crippen molar-refractivity contribution in [2.24, 2.45) is 11.5 Å². The molecule has 0 radical (unpaired) electrons. The predicted octanol–water partition coefficient (Wildman–Crippen LogP) is 0.620. The van der Waals surface area contributed by atoms with E-state index < -0.39 is 5.91 Å². The van der Waals surface area contributed by atoms with Gasteiger partial charge in [-0.3, -0.25) is 4.79 Å². The van der Waals surface area contributed by atoms with Crippen molar-refractivity contribution in [2.75, 3.05) is 6.38 Å². The lowest BCUT2D eigenvalue weighted by molar-refractivity contribution is -0.114. The molecule has 0 spiro atoms. The zero-order valence-electron chi connectivity index (χ0n) is 6.93. The summed E-state index contributed by atoms with van der Waals surface area (Å²) in [5, 5.41) is 0. The Hall–Kier alpha value is -0.540. The van der Waals surface area contributed by atoms with Crippen molar-refractivity contribution in [2.45, 2.75) is 19.4 Å². The Morgan fingerprint density at radius 1 is 1.64 bits per heavy atom. The van der Waals surface area contributed by atoms with Gasteiger partial charge in [-0.05, 0) is 6.42 Å².